The van der Waals surface area contributed by atoms with Crippen LogP contribution in [0.5, 0.6) is 11.6 Å². The topological polar surface area (TPSA) is 114 Å². The Bertz CT molecular complexity index is 970. The van der Waals surface area contributed by atoms with Crippen LogP contribution in [-0.4, -0.2) is 52.3 Å². The van der Waals surface area contributed by atoms with Crippen LogP contribution in [0.2, 0.25) is 5.02 Å². The maximum absolute atomic E-state index is 11.1. The molecule has 2 aromatic rings. The predicted molar refractivity (Wildman–Crippen MR) is 114 cm³/mol. The fourth-order valence-corrected chi connectivity index (χ4v) is 4.46. The average Bonchev–Trinajstić information content (AvgIpc) is 3.23. The highest BCUT2D eigenvalue weighted by Crippen LogP contribution is 2.30. The van der Waals surface area contributed by atoms with Crippen LogP contribution in [0.4, 0.5) is 0 Å². The Hall–Kier alpha value is -2.89. The van der Waals surface area contributed by atoms with Crippen LogP contribution in [0.25, 0.3) is 0 Å². The van der Waals surface area contributed by atoms with E-state index in [9.17, 15) is 4.79 Å². The van der Waals surface area contributed by atoms with Crippen molar-refractivity contribution in [2.24, 2.45) is 5.73 Å². The largest absolute Gasteiger partial charge is 0.490 e. The van der Waals surface area contributed by atoms with Crippen molar-refractivity contribution in [1.82, 2.24) is 15.1 Å². The third kappa shape index (κ3) is 5.24. The van der Waals surface area contributed by atoms with E-state index in [1.807, 2.05) is 0 Å². The maximum Gasteiger partial charge on any atom is 0.269 e. The molecule has 1 aromatic carbocycles. The Labute approximate surface area is 185 Å². The van der Waals surface area contributed by atoms with E-state index in [1.165, 1.54) is 6.07 Å². The number of nitriles is 1. The van der Waals surface area contributed by atoms with Crippen LogP contribution in [0, 0.1) is 11.3 Å². The van der Waals surface area contributed by atoms with Gasteiger partial charge < -0.3 is 15.2 Å². The summed E-state index contributed by atoms with van der Waals surface area (Å²) in [6, 6.07) is 10.9. The monoisotopic (exact) mass is 441 g/mol. The minimum atomic E-state index is -0.604. The standard InChI is InChI=1S/C22H24ClN5O3/c23-19-11-17(4-1-14(19)12-24)30-16-5-2-15(3-6-16)28-10-9-18(13-28)31-21-8-7-20(22(25)29)26-27-21/h1,4,7-8,11,15-16,18H,2-3,5-6,9-10,13H2,(H2,25,29)/t15?,16?,18-/m0/s1. The van der Waals surface area contributed by atoms with Crippen molar-refractivity contribution in [1.29, 1.82) is 5.26 Å². The summed E-state index contributed by atoms with van der Waals surface area (Å²) >= 11 is 6.10. The number of aromatic nitrogens is 2. The minimum Gasteiger partial charge on any atom is -0.490 e. The summed E-state index contributed by atoms with van der Waals surface area (Å²) in [6.07, 6.45) is 5.23. The molecule has 9 heteroatoms. The highest BCUT2D eigenvalue weighted by molar-refractivity contribution is 6.31. The molecule has 8 nitrogen and oxygen atoms in total. The van der Waals surface area contributed by atoms with Gasteiger partial charge in [-0.05, 0) is 50.3 Å². The lowest BCUT2D eigenvalue weighted by Gasteiger charge is -2.34. The molecular formula is C22H24ClN5O3. The Morgan fingerprint density at radius 1 is 1.10 bits per heavy atom. The van der Waals surface area contributed by atoms with Crippen LogP contribution < -0.4 is 15.2 Å². The second kappa shape index (κ2) is 9.50. The fraction of sp³-hybridized carbons (Fsp3) is 0.455. The highest BCUT2D eigenvalue weighted by Gasteiger charge is 2.33. The Morgan fingerprint density at radius 2 is 1.90 bits per heavy atom. The molecular weight excluding hydrogens is 418 g/mol. The number of amides is 1. The maximum atomic E-state index is 11.1. The van der Waals surface area contributed by atoms with Crippen molar-refractivity contribution in [3.63, 3.8) is 0 Å². The van der Waals surface area contributed by atoms with Crippen molar-refractivity contribution in [2.75, 3.05) is 13.1 Å². The van der Waals surface area contributed by atoms with Gasteiger partial charge in [0, 0.05) is 31.3 Å². The van der Waals surface area contributed by atoms with Gasteiger partial charge in [-0.25, -0.2) is 0 Å². The van der Waals surface area contributed by atoms with E-state index < -0.39 is 5.91 Å². The molecule has 0 spiro atoms. The zero-order valence-electron chi connectivity index (χ0n) is 17.0. The third-order valence-electron chi connectivity index (χ3n) is 5.88. The zero-order valence-corrected chi connectivity index (χ0v) is 17.8. The number of nitrogens with two attached hydrogens (primary N) is 1. The van der Waals surface area contributed by atoms with E-state index in [0.717, 1.165) is 45.2 Å². The predicted octanol–water partition coefficient (Wildman–Crippen LogP) is 2.94. The van der Waals surface area contributed by atoms with Crippen molar-refractivity contribution < 1.29 is 14.3 Å². The van der Waals surface area contributed by atoms with Gasteiger partial charge in [0.1, 0.15) is 17.9 Å². The normalized spacial score (nSPS) is 23.8. The van der Waals surface area contributed by atoms with Gasteiger partial charge in [-0.1, -0.05) is 11.6 Å². The summed E-state index contributed by atoms with van der Waals surface area (Å²) < 4.78 is 12.0. The molecule has 162 valence electrons. The van der Waals surface area contributed by atoms with E-state index in [4.69, 9.17) is 32.1 Å². The first-order valence-electron chi connectivity index (χ1n) is 10.4. The second-order valence-electron chi connectivity index (χ2n) is 7.95. The lowest BCUT2D eigenvalue weighted by Crippen LogP contribution is -2.39. The van der Waals surface area contributed by atoms with E-state index >= 15 is 0 Å². The van der Waals surface area contributed by atoms with Crippen LogP contribution >= 0.6 is 11.6 Å². The van der Waals surface area contributed by atoms with Crippen molar-refractivity contribution in [3.05, 3.63) is 46.6 Å². The van der Waals surface area contributed by atoms with Gasteiger partial charge in [0.2, 0.25) is 5.88 Å². The summed E-state index contributed by atoms with van der Waals surface area (Å²) in [7, 11) is 0. The molecule has 2 fully saturated rings. The molecule has 1 amide bonds. The first-order chi connectivity index (χ1) is 15.0. The molecule has 1 atom stereocenters. The van der Waals surface area contributed by atoms with E-state index in [2.05, 4.69) is 21.2 Å². The Morgan fingerprint density at radius 3 is 2.55 bits per heavy atom. The number of carbonyl (C=O) groups is 1. The molecule has 1 saturated heterocycles. The molecule has 1 aliphatic heterocycles. The number of benzene rings is 1. The molecule has 2 heterocycles. The zero-order chi connectivity index (χ0) is 21.8. The fourth-order valence-electron chi connectivity index (χ4n) is 4.25. The van der Waals surface area contributed by atoms with E-state index in [0.29, 0.717) is 28.3 Å². The molecule has 0 bridgehead atoms. The number of primary amides is 1. The average molecular weight is 442 g/mol. The number of rotatable bonds is 6. The molecule has 4 rings (SSSR count). The summed E-state index contributed by atoms with van der Waals surface area (Å²) in [5.41, 5.74) is 5.77. The molecule has 2 N–H and O–H groups in total. The van der Waals surface area contributed by atoms with Crippen molar-refractivity contribution >= 4 is 17.5 Å². The van der Waals surface area contributed by atoms with Crippen LogP contribution in [-0.2, 0) is 0 Å². The number of hydrogen-bond acceptors (Lipinski definition) is 7. The lowest BCUT2D eigenvalue weighted by atomic mass is 9.92. The van der Waals surface area contributed by atoms with Gasteiger partial charge in [0.25, 0.3) is 5.91 Å². The molecule has 1 aromatic heterocycles. The molecule has 1 aliphatic carbocycles. The number of carbonyl (C=O) groups excluding carboxylic acids is 1. The lowest BCUT2D eigenvalue weighted by molar-refractivity contribution is 0.0924. The molecule has 0 unspecified atom stereocenters. The highest BCUT2D eigenvalue weighted by atomic mass is 35.5. The third-order valence-corrected chi connectivity index (χ3v) is 6.19. The van der Waals surface area contributed by atoms with Gasteiger partial charge in [0.05, 0.1) is 16.7 Å². The van der Waals surface area contributed by atoms with Crippen LogP contribution in [0.1, 0.15) is 48.2 Å². The van der Waals surface area contributed by atoms with Crippen molar-refractivity contribution in [2.45, 2.75) is 50.4 Å². The van der Waals surface area contributed by atoms with Gasteiger partial charge >= 0.3 is 0 Å². The SMILES string of the molecule is N#Cc1ccc(OC2CCC(N3CC[C@H](Oc4ccc(C(N)=O)nn4)C3)CC2)cc1Cl. The Kier molecular flexibility index (Phi) is 6.54. The number of nitrogens with zero attached hydrogens (tertiary/aromatic N) is 4. The summed E-state index contributed by atoms with van der Waals surface area (Å²) in [6.45, 7) is 1.83. The van der Waals surface area contributed by atoms with E-state index in [1.54, 1.807) is 24.3 Å². The van der Waals surface area contributed by atoms with Crippen molar-refractivity contribution in [3.8, 4) is 17.7 Å². The number of hydrogen-bond donors (Lipinski definition) is 1. The first-order valence-corrected chi connectivity index (χ1v) is 10.8. The number of ether oxygens (including phenoxy) is 2. The van der Waals surface area contributed by atoms with Gasteiger partial charge in [-0.15, -0.1) is 10.2 Å². The van der Waals surface area contributed by atoms with Crippen LogP contribution in [0.15, 0.2) is 30.3 Å². The van der Waals surface area contributed by atoms with E-state index in [-0.39, 0.29) is 17.9 Å². The molecule has 1 saturated carbocycles. The minimum absolute atomic E-state index is 0.0588. The summed E-state index contributed by atoms with van der Waals surface area (Å²) in [5, 5.41) is 17.1. The van der Waals surface area contributed by atoms with Gasteiger partial charge in [-0.3, -0.25) is 9.69 Å². The summed E-state index contributed by atoms with van der Waals surface area (Å²) in [5.74, 6) is 0.522. The van der Waals surface area contributed by atoms with Gasteiger partial charge in [-0.2, -0.15) is 5.26 Å². The number of likely N-dealkylation sites (tertiary alicyclic amines) is 1. The molecule has 2 aliphatic rings. The first kappa shape index (κ1) is 21.3. The molecule has 31 heavy (non-hydrogen) atoms. The Balaban J connectivity index is 1.24. The van der Waals surface area contributed by atoms with Crippen LogP contribution in [0.3, 0.4) is 0 Å². The quantitative estimate of drug-likeness (QED) is 0.732. The second-order valence-corrected chi connectivity index (χ2v) is 8.35. The molecule has 0 radical (unpaired) electrons. The smallest absolute Gasteiger partial charge is 0.269 e. The number of halogens is 1. The van der Waals surface area contributed by atoms with Gasteiger partial charge in [0.15, 0.2) is 5.69 Å². The summed E-state index contributed by atoms with van der Waals surface area (Å²) in [4.78, 5) is 13.6.